The number of sulfone groups is 1. The van der Waals surface area contributed by atoms with Crippen molar-refractivity contribution in [2.45, 2.75) is 30.3 Å². The van der Waals surface area contributed by atoms with Gasteiger partial charge in [0, 0.05) is 29.7 Å². The molecule has 0 N–H and O–H groups in total. The number of hydrogen-bond acceptors (Lipinski definition) is 3. The maximum absolute atomic E-state index is 14.0. The molecule has 0 atom stereocenters. The molecule has 1 aliphatic carbocycles. The van der Waals surface area contributed by atoms with Crippen molar-refractivity contribution in [1.82, 2.24) is 4.90 Å². The first-order valence-corrected chi connectivity index (χ1v) is 9.95. The minimum Gasteiger partial charge on any atom is -0.295 e. The zero-order valence-electron chi connectivity index (χ0n) is 13.2. The third kappa shape index (κ3) is 4.15. The van der Waals surface area contributed by atoms with Gasteiger partial charge in [-0.25, -0.2) is 12.8 Å². The molecular formula is C18H19ClFNO2S. The summed E-state index contributed by atoms with van der Waals surface area (Å²) in [5.74, 6) is -0.335. The molecule has 3 nitrogen and oxygen atoms in total. The smallest absolute Gasteiger partial charge is 0.179 e. The molecule has 1 fully saturated rings. The molecule has 0 bridgehead atoms. The lowest BCUT2D eigenvalue weighted by atomic mass is 10.2. The van der Waals surface area contributed by atoms with E-state index in [-0.39, 0.29) is 11.6 Å². The number of rotatable bonds is 7. The second-order valence-corrected chi connectivity index (χ2v) is 8.55. The van der Waals surface area contributed by atoms with Crippen LogP contribution in [0.3, 0.4) is 0 Å². The third-order valence-electron chi connectivity index (χ3n) is 4.24. The highest BCUT2D eigenvalue weighted by molar-refractivity contribution is 7.91. The Morgan fingerprint density at radius 1 is 1.08 bits per heavy atom. The summed E-state index contributed by atoms with van der Waals surface area (Å²) in [5.41, 5.74) is 0.433. The van der Waals surface area contributed by atoms with Gasteiger partial charge in [0.05, 0.1) is 10.6 Å². The summed E-state index contributed by atoms with van der Waals surface area (Å²) in [6, 6.07) is 13.3. The molecule has 0 aromatic heterocycles. The zero-order chi connectivity index (χ0) is 17.2. The van der Waals surface area contributed by atoms with E-state index in [1.54, 1.807) is 42.5 Å². The summed E-state index contributed by atoms with van der Waals surface area (Å²) in [5, 5.41) is 0.381. The first-order valence-electron chi connectivity index (χ1n) is 7.92. The molecule has 1 saturated carbocycles. The topological polar surface area (TPSA) is 37.4 Å². The van der Waals surface area contributed by atoms with Gasteiger partial charge in [-0.05, 0) is 37.1 Å². The van der Waals surface area contributed by atoms with Crippen molar-refractivity contribution in [3.05, 3.63) is 64.9 Å². The Bertz CT molecular complexity index is 787. The highest BCUT2D eigenvalue weighted by Crippen LogP contribution is 2.30. The third-order valence-corrected chi connectivity index (χ3v) is 6.30. The monoisotopic (exact) mass is 367 g/mol. The summed E-state index contributed by atoms with van der Waals surface area (Å²) < 4.78 is 38.9. The van der Waals surface area contributed by atoms with Crippen LogP contribution in [-0.2, 0) is 16.4 Å². The molecule has 0 saturated heterocycles. The van der Waals surface area contributed by atoms with E-state index in [1.807, 2.05) is 4.90 Å². The lowest BCUT2D eigenvalue weighted by Crippen LogP contribution is -2.31. The largest absolute Gasteiger partial charge is 0.295 e. The maximum Gasteiger partial charge on any atom is 0.179 e. The molecule has 3 rings (SSSR count). The molecule has 0 unspecified atom stereocenters. The van der Waals surface area contributed by atoms with E-state index < -0.39 is 9.84 Å². The summed E-state index contributed by atoms with van der Waals surface area (Å²) in [4.78, 5) is 2.34. The molecule has 0 spiro atoms. The average Bonchev–Trinajstić information content (AvgIpc) is 3.39. The molecule has 2 aromatic carbocycles. The Balaban J connectivity index is 1.72. The van der Waals surface area contributed by atoms with Crippen LogP contribution in [0.25, 0.3) is 0 Å². The van der Waals surface area contributed by atoms with Crippen LogP contribution in [0.4, 0.5) is 4.39 Å². The van der Waals surface area contributed by atoms with Crippen molar-refractivity contribution in [3.8, 4) is 0 Å². The van der Waals surface area contributed by atoms with E-state index in [2.05, 4.69) is 0 Å². The van der Waals surface area contributed by atoms with Gasteiger partial charge in [0.1, 0.15) is 5.82 Å². The van der Waals surface area contributed by atoms with E-state index in [0.717, 1.165) is 12.8 Å². The van der Waals surface area contributed by atoms with Crippen LogP contribution in [0.15, 0.2) is 53.4 Å². The van der Waals surface area contributed by atoms with Gasteiger partial charge in [-0.3, -0.25) is 4.90 Å². The lowest BCUT2D eigenvalue weighted by molar-refractivity contribution is 0.266. The lowest BCUT2D eigenvalue weighted by Gasteiger charge is -2.22. The van der Waals surface area contributed by atoms with Crippen LogP contribution < -0.4 is 0 Å². The van der Waals surface area contributed by atoms with E-state index in [4.69, 9.17) is 11.6 Å². The van der Waals surface area contributed by atoms with Gasteiger partial charge in [-0.15, -0.1) is 0 Å². The first kappa shape index (κ1) is 17.4. The first-order chi connectivity index (χ1) is 11.5. The fraction of sp³-hybridized carbons (Fsp3) is 0.333. The normalized spacial score (nSPS) is 15.0. The zero-order valence-corrected chi connectivity index (χ0v) is 14.7. The predicted molar refractivity (Wildman–Crippen MR) is 93.3 cm³/mol. The fourth-order valence-electron chi connectivity index (χ4n) is 2.70. The van der Waals surface area contributed by atoms with Crippen molar-refractivity contribution in [1.29, 1.82) is 0 Å². The number of halogens is 2. The van der Waals surface area contributed by atoms with Gasteiger partial charge >= 0.3 is 0 Å². The van der Waals surface area contributed by atoms with Crippen molar-refractivity contribution < 1.29 is 12.8 Å². The molecule has 128 valence electrons. The van der Waals surface area contributed by atoms with Gasteiger partial charge < -0.3 is 0 Å². The van der Waals surface area contributed by atoms with E-state index in [9.17, 15) is 12.8 Å². The molecular weight excluding hydrogens is 349 g/mol. The van der Waals surface area contributed by atoms with Crippen molar-refractivity contribution >= 4 is 21.4 Å². The van der Waals surface area contributed by atoms with Gasteiger partial charge in [0.15, 0.2) is 9.84 Å². The molecule has 0 heterocycles. The molecule has 0 amide bonds. The van der Waals surface area contributed by atoms with Crippen LogP contribution in [0, 0.1) is 5.82 Å². The quantitative estimate of drug-likeness (QED) is 0.744. The van der Waals surface area contributed by atoms with Gasteiger partial charge in [0.2, 0.25) is 0 Å². The Morgan fingerprint density at radius 3 is 2.42 bits per heavy atom. The van der Waals surface area contributed by atoms with Crippen LogP contribution in [0.5, 0.6) is 0 Å². The van der Waals surface area contributed by atoms with Gasteiger partial charge in [-0.2, -0.15) is 0 Å². The maximum atomic E-state index is 14.0. The van der Waals surface area contributed by atoms with Crippen LogP contribution >= 0.6 is 11.6 Å². The number of benzene rings is 2. The predicted octanol–water partition coefficient (Wildman–Crippen LogP) is 3.92. The van der Waals surface area contributed by atoms with Crippen LogP contribution in [-0.4, -0.2) is 31.7 Å². The van der Waals surface area contributed by atoms with Crippen LogP contribution in [0.1, 0.15) is 18.4 Å². The molecule has 6 heteroatoms. The summed E-state index contributed by atoms with van der Waals surface area (Å²) >= 11 is 6.10. The van der Waals surface area contributed by atoms with Gasteiger partial charge in [-0.1, -0.05) is 35.9 Å². The number of hydrogen-bond donors (Lipinski definition) is 0. The Labute approximate surface area is 147 Å². The molecule has 0 radical (unpaired) electrons. The average molecular weight is 368 g/mol. The molecule has 1 aliphatic rings. The Morgan fingerprint density at radius 2 is 1.79 bits per heavy atom. The molecule has 24 heavy (non-hydrogen) atoms. The Hall–Kier alpha value is -1.43. The summed E-state index contributed by atoms with van der Waals surface area (Å²) in [7, 11) is -3.34. The highest BCUT2D eigenvalue weighted by atomic mass is 35.5. The molecule has 0 aliphatic heterocycles. The SMILES string of the molecule is O=S(=O)(CCN(Cc1c(F)cccc1Cl)C1CC1)c1ccccc1. The second-order valence-electron chi connectivity index (χ2n) is 6.03. The van der Waals surface area contributed by atoms with Gasteiger partial charge in [0.25, 0.3) is 0 Å². The van der Waals surface area contributed by atoms with E-state index in [0.29, 0.717) is 34.6 Å². The summed E-state index contributed by atoms with van der Waals surface area (Å²) in [6.45, 7) is 0.701. The van der Waals surface area contributed by atoms with Crippen LogP contribution in [0.2, 0.25) is 5.02 Å². The van der Waals surface area contributed by atoms with Crippen molar-refractivity contribution in [3.63, 3.8) is 0 Å². The minimum atomic E-state index is -3.34. The van der Waals surface area contributed by atoms with E-state index >= 15 is 0 Å². The summed E-state index contributed by atoms with van der Waals surface area (Å²) in [6.07, 6.45) is 2.02. The van der Waals surface area contributed by atoms with E-state index in [1.165, 1.54) is 6.07 Å². The number of nitrogens with zero attached hydrogens (tertiary/aromatic N) is 1. The fourth-order valence-corrected chi connectivity index (χ4v) is 4.21. The highest BCUT2D eigenvalue weighted by Gasteiger charge is 2.31. The second kappa shape index (κ2) is 7.21. The Kier molecular flexibility index (Phi) is 5.23. The standard InChI is InChI=1S/C18H19ClFNO2S/c19-17-7-4-8-18(20)16(17)13-21(14-9-10-14)11-12-24(22,23)15-5-2-1-3-6-15/h1-8,14H,9-13H2. The molecule has 2 aromatic rings. The van der Waals surface area contributed by atoms with Crippen molar-refractivity contribution in [2.75, 3.05) is 12.3 Å². The van der Waals surface area contributed by atoms with Crippen molar-refractivity contribution in [2.24, 2.45) is 0 Å². The minimum absolute atomic E-state index is 0.0135.